The highest BCUT2D eigenvalue weighted by molar-refractivity contribution is 6.38. The quantitative estimate of drug-likeness (QED) is 0.624. The van der Waals surface area contributed by atoms with Crippen molar-refractivity contribution < 1.29 is 19.2 Å². The third kappa shape index (κ3) is 2.33. The average Bonchev–Trinajstić information content (AvgIpc) is 2.77. The van der Waals surface area contributed by atoms with Crippen LogP contribution in [0.3, 0.4) is 0 Å². The number of unbranched alkanes of at least 4 members (excludes halogenated alkanes) is 1. The van der Waals surface area contributed by atoms with Crippen LogP contribution in [0.4, 0.5) is 5.95 Å². The maximum Gasteiger partial charge on any atom is 0.268 e. The summed E-state index contributed by atoms with van der Waals surface area (Å²) in [4.78, 5) is 62.5. The van der Waals surface area contributed by atoms with Gasteiger partial charge in [0.1, 0.15) is 0 Å². The minimum atomic E-state index is -0.587. The van der Waals surface area contributed by atoms with E-state index in [9.17, 15) is 19.2 Å². The lowest BCUT2D eigenvalue weighted by Crippen LogP contribution is -2.44. The first-order valence-corrected chi connectivity index (χ1v) is 9.66. The van der Waals surface area contributed by atoms with Crippen molar-refractivity contribution >= 4 is 40.3 Å². The van der Waals surface area contributed by atoms with Crippen molar-refractivity contribution in [2.24, 2.45) is 0 Å². The van der Waals surface area contributed by atoms with Crippen LogP contribution >= 0.6 is 0 Å². The molecular weight excluding hydrogens is 384 g/mol. The number of anilines is 1. The molecule has 1 aromatic heterocycles. The van der Waals surface area contributed by atoms with Gasteiger partial charge in [-0.3, -0.25) is 24.1 Å². The standard InChI is InChI=1S/C22H16N4O4/c1-2-3-11-25-18(27)12-5-7-14-17-15(8-6-13(16(12)17)19(25)28)21(30)26(20(14)29)22-23-9-4-10-24-22/h4-10H,2-3,11H2,1H3. The minimum Gasteiger partial charge on any atom is -0.274 e. The number of carbonyl (C=O) groups is 4. The molecule has 2 aromatic carbocycles. The summed E-state index contributed by atoms with van der Waals surface area (Å²) in [6, 6.07) is 7.75. The fourth-order valence-corrected chi connectivity index (χ4v) is 4.03. The Balaban J connectivity index is 1.73. The van der Waals surface area contributed by atoms with Crippen molar-refractivity contribution in [3.05, 3.63) is 65.0 Å². The van der Waals surface area contributed by atoms with Crippen LogP contribution in [0.5, 0.6) is 0 Å². The second kappa shape index (κ2) is 6.55. The average molecular weight is 400 g/mol. The number of nitrogens with zero attached hydrogens (tertiary/aromatic N) is 4. The van der Waals surface area contributed by atoms with E-state index in [1.807, 2.05) is 6.92 Å². The fourth-order valence-electron chi connectivity index (χ4n) is 4.03. The lowest BCUT2D eigenvalue weighted by molar-refractivity contribution is 0.0607. The van der Waals surface area contributed by atoms with Gasteiger partial charge in [0.25, 0.3) is 23.6 Å². The molecule has 8 heteroatoms. The van der Waals surface area contributed by atoms with E-state index >= 15 is 0 Å². The molecule has 0 fully saturated rings. The zero-order chi connectivity index (χ0) is 21.0. The molecule has 0 radical (unpaired) electrons. The second-order valence-electron chi connectivity index (χ2n) is 7.18. The van der Waals surface area contributed by atoms with Crippen molar-refractivity contribution in [2.75, 3.05) is 11.4 Å². The van der Waals surface area contributed by atoms with Gasteiger partial charge in [0.05, 0.1) is 0 Å². The Hall–Kier alpha value is -3.94. The van der Waals surface area contributed by atoms with Gasteiger partial charge in [-0.2, -0.15) is 0 Å². The van der Waals surface area contributed by atoms with Gasteiger partial charge < -0.3 is 0 Å². The zero-order valence-electron chi connectivity index (χ0n) is 16.1. The van der Waals surface area contributed by atoms with E-state index < -0.39 is 23.6 Å². The van der Waals surface area contributed by atoms with Gasteiger partial charge in [-0.05, 0) is 36.8 Å². The molecule has 0 saturated heterocycles. The number of amides is 4. The van der Waals surface area contributed by atoms with E-state index in [2.05, 4.69) is 9.97 Å². The number of hydrogen-bond donors (Lipinski definition) is 0. The van der Waals surface area contributed by atoms with Crippen LogP contribution in [-0.2, 0) is 0 Å². The number of imide groups is 2. The number of carbonyl (C=O) groups excluding carboxylic acids is 4. The van der Waals surface area contributed by atoms with E-state index in [0.29, 0.717) is 34.9 Å². The molecule has 8 nitrogen and oxygen atoms in total. The van der Waals surface area contributed by atoms with E-state index in [-0.39, 0.29) is 17.1 Å². The molecule has 148 valence electrons. The van der Waals surface area contributed by atoms with Crippen LogP contribution in [0.1, 0.15) is 61.2 Å². The first kappa shape index (κ1) is 18.1. The van der Waals surface area contributed by atoms with E-state index in [1.165, 1.54) is 29.4 Å². The molecule has 4 amide bonds. The molecule has 0 unspecified atom stereocenters. The molecule has 0 atom stereocenters. The van der Waals surface area contributed by atoms with Crippen LogP contribution in [0.25, 0.3) is 10.8 Å². The Labute approximate surface area is 171 Å². The summed E-state index contributed by atoms with van der Waals surface area (Å²) in [5.41, 5.74) is 1.12. The van der Waals surface area contributed by atoms with Crippen molar-refractivity contribution in [1.82, 2.24) is 14.9 Å². The Morgan fingerprint density at radius 1 is 0.733 bits per heavy atom. The fraction of sp³-hybridized carbons (Fsp3) is 0.182. The van der Waals surface area contributed by atoms with Crippen LogP contribution in [0.2, 0.25) is 0 Å². The number of aromatic nitrogens is 2. The third-order valence-corrected chi connectivity index (χ3v) is 5.47. The third-order valence-electron chi connectivity index (χ3n) is 5.47. The van der Waals surface area contributed by atoms with Crippen LogP contribution in [0, 0.1) is 0 Å². The Morgan fingerprint density at radius 2 is 1.20 bits per heavy atom. The zero-order valence-corrected chi connectivity index (χ0v) is 16.1. The van der Waals surface area contributed by atoms with Gasteiger partial charge in [0.15, 0.2) is 0 Å². The molecule has 0 aliphatic carbocycles. The normalized spacial score (nSPS) is 15.4. The maximum atomic E-state index is 13.2. The molecule has 2 aliphatic rings. The molecule has 5 rings (SSSR count). The largest absolute Gasteiger partial charge is 0.274 e. The second-order valence-corrected chi connectivity index (χ2v) is 7.18. The Kier molecular flexibility index (Phi) is 3.95. The summed E-state index contributed by atoms with van der Waals surface area (Å²) >= 11 is 0. The van der Waals surface area contributed by atoms with Gasteiger partial charge in [0, 0.05) is 52.0 Å². The monoisotopic (exact) mass is 400 g/mol. The lowest BCUT2D eigenvalue weighted by atomic mass is 9.86. The highest BCUT2D eigenvalue weighted by Crippen LogP contribution is 2.38. The first-order chi connectivity index (χ1) is 14.5. The van der Waals surface area contributed by atoms with Crippen molar-refractivity contribution in [3.8, 4) is 0 Å². The highest BCUT2D eigenvalue weighted by atomic mass is 16.2. The molecular formula is C22H16N4O4. The molecule has 2 aliphatic heterocycles. The molecule has 0 spiro atoms. The predicted molar refractivity (Wildman–Crippen MR) is 107 cm³/mol. The summed E-state index contributed by atoms with van der Waals surface area (Å²) < 4.78 is 0. The minimum absolute atomic E-state index is 0.0237. The van der Waals surface area contributed by atoms with Gasteiger partial charge in [-0.25, -0.2) is 14.9 Å². The summed E-state index contributed by atoms with van der Waals surface area (Å²) in [7, 11) is 0. The summed E-state index contributed by atoms with van der Waals surface area (Å²) in [6.07, 6.45) is 4.44. The topological polar surface area (TPSA) is 101 Å². The lowest BCUT2D eigenvalue weighted by Gasteiger charge is -2.31. The SMILES string of the molecule is CCCCN1C(=O)c2ccc3c4c(ccc(c24)C1=O)C(=O)N(c1ncccn1)C3=O. The predicted octanol–water partition coefficient (Wildman–Crippen LogP) is 2.83. The molecule has 30 heavy (non-hydrogen) atoms. The van der Waals surface area contributed by atoms with Gasteiger partial charge in [0.2, 0.25) is 5.95 Å². The molecule has 0 N–H and O–H groups in total. The first-order valence-electron chi connectivity index (χ1n) is 9.66. The van der Waals surface area contributed by atoms with Crippen LogP contribution in [0.15, 0.2) is 42.7 Å². The summed E-state index contributed by atoms with van der Waals surface area (Å²) in [5, 5.41) is 0.701. The van der Waals surface area contributed by atoms with Crippen molar-refractivity contribution in [1.29, 1.82) is 0 Å². The summed E-state index contributed by atoms with van der Waals surface area (Å²) in [5.74, 6) is -2.01. The highest BCUT2D eigenvalue weighted by Gasteiger charge is 2.40. The number of hydrogen-bond acceptors (Lipinski definition) is 6. The van der Waals surface area contributed by atoms with E-state index in [4.69, 9.17) is 0 Å². The van der Waals surface area contributed by atoms with Crippen LogP contribution in [-0.4, -0.2) is 45.0 Å². The Morgan fingerprint density at radius 3 is 1.67 bits per heavy atom. The molecule has 0 bridgehead atoms. The van der Waals surface area contributed by atoms with Crippen LogP contribution < -0.4 is 4.90 Å². The van der Waals surface area contributed by atoms with Gasteiger partial charge in [-0.15, -0.1) is 0 Å². The van der Waals surface area contributed by atoms with E-state index in [1.54, 1.807) is 18.2 Å². The maximum absolute atomic E-state index is 13.2. The molecule has 3 aromatic rings. The number of rotatable bonds is 4. The number of benzene rings is 2. The van der Waals surface area contributed by atoms with E-state index in [0.717, 1.165) is 11.3 Å². The molecule has 3 heterocycles. The van der Waals surface area contributed by atoms with Gasteiger partial charge >= 0.3 is 0 Å². The Bertz CT molecular complexity index is 1200. The van der Waals surface area contributed by atoms with Gasteiger partial charge in [-0.1, -0.05) is 13.3 Å². The smallest absolute Gasteiger partial charge is 0.268 e. The van der Waals surface area contributed by atoms with Crippen molar-refractivity contribution in [3.63, 3.8) is 0 Å². The molecule has 0 saturated carbocycles. The summed E-state index contributed by atoms with van der Waals surface area (Å²) in [6.45, 7) is 2.31. The van der Waals surface area contributed by atoms with Crippen molar-refractivity contribution in [2.45, 2.75) is 19.8 Å².